The predicted molar refractivity (Wildman–Crippen MR) is 181 cm³/mol. The van der Waals surface area contributed by atoms with Crippen LogP contribution in [-0.2, 0) is 10.8 Å². The van der Waals surface area contributed by atoms with Gasteiger partial charge in [-0.25, -0.2) is 0 Å². The quantitative estimate of drug-likeness (QED) is 0.222. The van der Waals surface area contributed by atoms with Gasteiger partial charge < -0.3 is 4.90 Å². The van der Waals surface area contributed by atoms with E-state index in [9.17, 15) is 0 Å². The Morgan fingerprint density at radius 1 is 0.738 bits per heavy atom. The van der Waals surface area contributed by atoms with Gasteiger partial charge in [0.1, 0.15) is 7.05 Å². The van der Waals surface area contributed by atoms with E-state index in [4.69, 9.17) is 11.6 Å². The van der Waals surface area contributed by atoms with E-state index in [1.165, 1.54) is 66.6 Å². The maximum absolute atomic E-state index is 7.06. The third-order valence-corrected chi connectivity index (χ3v) is 10.4. The molecular formula is C39H38ClN2+. The van der Waals surface area contributed by atoms with Gasteiger partial charge >= 0.3 is 0 Å². The number of fused-ring (bicyclic) bond motifs is 6. The summed E-state index contributed by atoms with van der Waals surface area (Å²) in [5.74, 6) is 0. The number of hydrogen-bond donors (Lipinski definition) is 0. The summed E-state index contributed by atoms with van der Waals surface area (Å²) in [4.78, 5) is 2.35. The van der Waals surface area contributed by atoms with Crippen LogP contribution in [0, 0.1) is 0 Å². The van der Waals surface area contributed by atoms with Gasteiger partial charge in [0.05, 0.1) is 5.41 Å². The first-order valence-electron chi connectivity index (χ1n) is 15.0. The Labute approximate surface area is 254 Å². The van der Waals surface area contributed by atoms with Crippen LogP contribution in [0.4, 0.5) is 11.4 Å². The first kappa shape index (κ1) is 27.0. The highest BCUT2D eigenvalue weighted by Gasteiger charge is 2.44. The monoisotopic (exact) mass is 569 g/mol. The summed E-state index contributed by atoms with van der Waals surface area (Å²) >= 11 is 7.06. The Morgan fingerprint density at radius 3 is 2.10 bits per heavy atom. The average molecular weight is 570 g/mol. The summed E-state index contributed by atoms with van der Waals surface area (Å²) in [5.41, 5.74) is 10.2. The van der Waals surface area contributed by atoms with Crippen LogP contribution in [0.1, 0.15) is 51.7 Å². The second kappa shape index (κ2) is 9.57. The lowest BCUT2D eigenvalue weighted by Crippen LogP contribution is -2.26. The highest BCUT2D eigenvalue weighted by Crippen LogP contribution is 2.50. The maximum atomic E-state index is 7.06. The number of nitrogens with zero attached hydrogens (tertiary/aromatic N) is 2. The minimum Gasteiger partial charge on any atom is -0.347 e. The molecule has 42 heavy (non-hydrogen) atoms. The van der Waals surface area contributed by atoms with Crippen molar-refractivity contribution in [1.29, 1.82) is 0 Å². The molecule has 0 N–H and O–H groups in total. The molecule has 4 aromatic carbocycles. The normalized spacial score (nSPS) is 21.2. The van der Waals surface area contributed by atoms with E-state index >= 15 is 0 Å². The Kier molecular flexibility index (Phi) is 6.15. The van der Waals surface area contributed by atoms with Crippen LogP contribution in [0.25, 0.3) is 21.5 Å². The summed E-state index contributed by atoms with van der Waals surface area (Å²) < 4.78 is 2.35. The number of anilines is 1. The first-order chi connectivity index (χ1) is 20.1. The molecule has 3 heteroatoms. The highest BCUT2D eigenvalue weighted by molar-refractivity contribution is 6.33. The number of allylic oxidation sites excluding steroid dienone is 8. The van der Waals surface area contributed by atoms with Crippen molar-refractivity contribution in [2.24, 2.45) is 0 Å². The molecule has 0 saturated carbocycles. The summed E-state index contributed by atoms with van der Waals surface area (Å²) in [6, 6.07) is 26.4. The molecular weight excluding hydrogens is 532 g/mol. The molecule has 0 amide bonds. The number of rotatable bonds is 3. The third-order valence-electron chi connectivity index (χ3n) is 9.90. The number of benzene rings is 4. The zero-order chi connectivity index (χ0) is 29.4. The maximum Gasteiger partial charge on any atom is 0.210 e. The number of likely N-dealkylation sites (N-methyl/N-ethyl adjacent to an activating group) is 1. The lowest BCUT2D eigenvalue weighted by molar-refractivity contribution is -0.401. The summed E-state index contributed by atoms with van der Waals surface area (Å²) in [5, 5.41) is 6.15. The van der Waals surface area contributed by atoms with E-state index in [2.05, 4.69) is 148 Å². The van der Waals surface area contributed by atoms with E-state index in [1.807, 2.05) is 0 Å². The zero-order valence-corrected chi connectivity index (χ0v) is 26.2. The Balaban J connectivity index is 1.20. The van der Waals surface area contributed by atoms with Crippen LogP contribution < -0.4 is 4.90 Å². The van der Waals surface area contributed by atoms with Crippen LogP contribution in [0.3, 0.4) is 0 Å². The summed E-state index contributed by atoms with van der Waals surface area (Å²) in [6.45, 7) is 9.35. The van der Waals surface area contributed by atoms with Gasteiger partial charge in [-0.15, -0.1) is 0 Å². The summed E-state index contributed by atoms with van der Waals surface area (Å²) in [7, 11) is 4.37. The molecule has 4 aromatic rings. The van der Waals surface area contributed by atoms with Crippen molar-refractivity contribution >= 4 is 50.2 Å². The molecule has 2 nitrogen and oxygen atoms in total. The second-order valence-electron chi connectivity index (χ2n) is 13.0. The second-order valence-corrected chi connectivity index (χ2v) is 13.4. The van der Waals surface area contributed by atoms with Gasteiger partial charge in [0.15, 0.2) is 5.71 Å². The molecule has 0 bridgehead atoms. The Hall–Kier alpha value is -3.88. The number of halogens is 1. The molecule has 3 aliphatic rings. The predicted octanol–water partition coefficient (Wildman–Crippen LogP) is 10.1. The van der Waals surface area contributed by atoms with Crippen LogP contribution in [-0.4, -0.2) is 24.4 Å². The van der Waals surface area contributed by atoms with E-state index < -0.39 is 0 Å². The van der Waals surface area contributed by atoms with Gasteiger partial charge in [-0.1, -0.05) is 92.2 Å². The van der Waals surface area contributed by atoms with Gasteiger partial charge in [-0.05, 0) is 83.2 Å². The molecule has 1 aliphatic carbocycles. The van der Waals surface area contributed by atoms with Crippen molar-refractivity contribution in [2.75, 3.05) is 19.0 Å². The molecule has 0 saturated heterocycles. The SMILES string of the molecule is CN1/C(=C/C=C2\CCC(/C=C/C3=[N+](C)c4ccc5ccccc5c4C3(C)C)=C2Cl)C(C)(C)c2c1ccc1ccccc21. The van der Waals surface area contributed by atoms with Crippen LogP contribution in [0.5, 0.6) is 0 Å². The van der Waals surface area contributed by atoms with Crippen LogP contribution in [0.2, 0.25) is 0 Å². The van der Waals surface area contributed by atoms with E-state index in [1.54, 1.807) is 0 Å². The lowest BCUT2D eigenvalue weighted by Gasteiger charge is -2.24. The van der Waals surface area contributed by atoms with Gasteiger partial charge in [-0.3, -0.25) is 0 Å². The van der Waals surface area contributed by atoms with Gasteiger partial charge in [0.2, 0.25) is 5.69 Å². The summed E-state index contributed by atoms with van der Waals surface area (Å²) in [6.07, 6.45) is 11.0. The van der Waals surface area contributed by atoms with E-state index in [-0.39, 0.29) is 10.8 Å². The van der Waals surface area contributed by atoms with Crippen molar-refractivity contribution in [2.45, 2.75) is 51.4 Å². The van der Waals surface area contributed by atoms with Gasteiger partial charge in [-0.2, -0.15) is 4.58 Å². The fraction of sp³-hybridized carbons (Fsp3) is 0.256. The molecule has 2 aliphatic heterocycles. The van der Waals surface area contributed by atoms with Crippen molar-refractivity contribution in [3.05, 3.63) is 130 Å². The molecule has 0 radical (unpaired) electrons. The Bertz CT molecular complexity index is 1960. The topological polar surface area (TPSA) is 6.25 Å². The largest absolute Gasteiger partial charge is 0.347 e. The van der Waals surface area contributed by atoms with E-state index in [0.717, 1.165) is 17.9 Å². The fourth-order valence-corrected chi connectivity index (χ4v) is 8.07. The molecule has 0 fully saturated rings. The van der Waals surface area contributed by atoms with Crippen molar-refractivity contribution in [3.63, 3.8) is 0 Å². The molecule has 2 heterocycles. The molecule has 7 rings (SSSR count). The lowest BCUT2D eigenvalue weighted by atomic mass is 9.79. The van der Waals surface area contributed by atoms with Crippen molar-refractivity contribution < 1.29 is 4.58 Å². The standard InChI is InChI=1S/C39H38ClN2/c1-38(2)33(41(5)31-21-17-25-11-7-9-13-29(25)35(31)38)23-19-27-15-16-28(37(27)40)20-24-34-39(3,4)36-30-14-10-8-12-26(30)18-22-32(36)42(34)6/h7-14,17-24H,15-16H2,1-6H3/q+1. The average Bonchev–Trinajstić information content (AvgIpc) is 3.50. The minimum atomic E-state index is -0.103. The molecule has 210 valence electrons. The number of hydrogen-bond acceptors (Lipinski definition) is 1. The third kappa shape index (κ3) is 3.88. The van der Waals surface area contributed by atoms with Crippen molar-refractivity contribution in [1.82, 2.24) is 0 Å². The van der Waals surface area contributed by atoms with E-state index in [0.29, 0.717) is 0 Å². The van der Waals surface area contributed by atoms with Crippen LogP contribution in [0.15, 0.2) is 119 Å². The Morgan fingerprint density at radius 2 is 1.38 bits per heavy atom. The van der Waals surface area contributed by atoms with Crippen LogP contribution >= 0.6 is 11.6 Å². The van der Waals surface area contributed by atoms with Gasteiger partial charge in [0, 0.05) is 46.6 Å². The van der Waals surface area contributed by atoms with Gasteiger partial charge in [0.25, 0.3) is 0 Å². The smallest absolute Gasteiger partial charge is 0.210 e. The first-order valence-corrected chi connectivity index (χ1v) is 15.4. The zero-order valence-electron chi connectivity index (χ0n) is 25.4. The van der Waals surface area contributed by atoms with Crippen molar-refractivity contribution in [3.8, 4) is 0 Å². The highest BCUT2D eigenvalue weighted by atomic mass is 35.5. The fourth-order valence-electron chi connectivity index (χ4n) is 7.75. The molecule has 0 aromatic heterocycles. The molecule has 0 unspecified atom stereocenters. The molecule has 0 atom stereocenters. The minimum absolute atomic E-state index is 0.103. The molecule has 0 spiro atoms.